The van der Waals surface area contributed by atoms with Gasteiger partial charge < -0.3 is 9.47 Å². The van der Waals surface area contributed by atoms with Crippen LogP contribution in [-0.2, 0) is 11.8 Å². The predicted molar refractivity (Wildman–Crippen MR) is 119 cm³/mol. The minimum Gasteiger partial charge on any atom is -0.496 e. The summed E-state index contributed by atoms with van der Waals surface area (Å²) in [6, 6.07) is 20.7. The molecule has 4 aromatic rings. The van der Waals surface area contributed by atoms with E-state index < -0.39 is 0 Å². The Morgan fingerprint density at radius 2 is 1.04 bits per heavy atom. The standard InChI is InChI=1S/C24H20Cl2O2/c1-27-23-17(13-25)11-15-7-3-5-9-19(15)21(23)22-20-10-6-4-8-16(20)12-18(14-26)24(22)28-2/h3-12H,13-14H2,1-2H3. The van der Waals surface area contributed by atoms with Crippen LogP contribution in [0, 0.1) is 0 Å². The van der Waals surface area contributed by atoms with Crippen molar-refractivity contribution in [1.29, 1.82) is 0 Å². The van der Waals surface area contributed by atoms with Crippen molar-refractivity contribution in [3.8, 4) is 22.6 Å². The van der Waals surface area contributed by atoms with Crippen LogP contribution in [0.2, 0.25) is 0 Å². The van der Waals surface area contributed by atoms with Crippen LogP contribution in [0.1, 0.15) is 11.1 Å². The molecule has 0 aliphatic heterocycles. The highest BCUT2D eigenvalue weighted by Gasteiger charge is 2.23. The molecule has 28 heavy (non-hydrogen) atoms. The number of ether oxygens (including phenoxy) is 2. The molecule has 0 amide bonds. The van der Waals surface area contributed by atoms with Gasteiger partial charge in [0.05, 0.1) is 26.0 Å². The molecular weight excluding hydrogens is 391 g/mol. The quantitative estimate of drug-likeness (QED) is 0.325. The SMILES string of the molecule is COc1c(CCl)cc2ccccc2c1-c1c(OC)c(CCl)cc2ccccc12. The second-order valence-corrected chi connectivity index (χ2v) is 7.13. The second-order valence-electron chi connectivity index (χ2n) is 6.60. The Hall–Kier alpha value is -2.42. The Labute approximate surface area is 174 Å². The molecule has 0 fully saturated rings. The maximum absolute atomic E-state index is 6.29. The van der Waals surface area contributed by atoms with Gasteiger partial charge >= 0.3 is 0 Å². The van der Waals surface area contributed by atoms with Gasteiger partial charge in [0.2, 0.25) is 0 Å². The lowest BCUT2D eigenvalue weighted by Gasteiger charge is -2.21. The first-order valence-corrected chi connectivity index (χ1v) is 10.1. The van der Waals surface area contributed by atoms with Gasteiger partial charge in [0.1, 0.15) is 11.5 Å². The molecular formula is C24H20Cl2O2. The number of hydrogen-bond acceptors (Lipinski definition) is 2. The topological polar surface area (TPSA) is 18.5 Å². The van der Waals surface area contributed by atoms with Crippen molar-refractivity contribution < 1.29 is 9.47 Å². The van der Waals surface area contributed by atoms with E-state index in [1.807, 2.05) is 24.3 Å². The largest absolute Gasteiger partial charge is 0.496 e. The van der Waals surface area contributed by atoms with Gasteiger partial charge in [0.15, 0.2) is 0 Å². The lowest BCUT2D eigenvalue weighted by atomic mass is 9.89. The molecule has 0 saturated heterocycles. The van der Waals surface area contributed by atoms with Crippen LogP contribution in [0.4, 0.5) is 0 Å². The van der Waals surface area contributed by atoms with Gasteiger partial charge in [0.25, 0.3) is 0 Å². The molecule has 0 atom stereocenters. The van der Waals surface area contributed by atoms with Crippen LogP contribution in [0.3, 0.4) is 0 Å². The number of alkyl halides is 2. The molecule has 0 aromatic heterocycles. The molecule has 0 N–H and O–H groups in total. The van der Waals surface area contributed by atoms with Gasteiger partial charge in [-0.15, -0.1) is 23.2 Å². The second kappa shape index (κ2) is 7.90. The average Bonchev–Trinajstić information content (AvgIpc) is 2.76. The molecule has 0 aliphatic rings. The molecule has 4 rings (SSSR count). The van der Waals surface area contributed by atoms with E-state index in [1.54, 1.807) is 14.2 Å². The third-order valence-corrected chi connectivity index (χ3v) is 5.68. The van der Waals surface area contributed by atoms with E-state index >= 15 is 0 Å². The van der Waals surface area contributed by atoms with E-state index in [9.17, 15) is 0 Å². The Kier molecular flexibility index (Phi) is 5.34. The number of hydrogen-bond donors (Lipinski definition) is 0. The highest BCUT2D eigenvalue weighted by Crippen LogP contribution is 2.48. The summed E-state index contributed by atoms with van der Waals surface area (Å²) in [7, 11) is 3.37. The lowest BCUT2D eigenvalue weighted by Crippen LogP contribution is -2.00. The minimum atomic E-state index is 0.358. The molecule has 4 aromatic carbocycles. The van der Waals surface area contributed by atoms with Crippen LogP contribution >= 0.6 is 23.2 Å². The summed E-state index contributed by atoms with van der Waals surface area (Å²) < 4.78 is 11.8. The summed E-state index contributed by atoms with van der Waals surface area (Å²) in [6.07, 6.45) is 0. The van der Waals surface area contributed by atoms with Gasteiger partial charge in [-0.3, -0.25) is 0 Å². The Morgan fingerprint density at radius 3 is 1.39 bits per heavy atom. The van der Waals surface area contributed by atoms with E-state index in [2.05, 4.69) is 36.4 Å². The third-order valence-electron chi connectivity index (χ3n) is 5.10. The molecule has 2 nitrogen and oxygen atoms in total. The molecule has 0 radical (unpaired) electrons. The third kappa shape index (κ3) is 2.97. The number of halogens is 2. The molecule has 0 aliphatic carbocycles. The summed E-state index contributed by atoms with van der Waals surface area (Å²) in [5.41, 5.74) is 3.85. The van der Waals surface area contributed by atoms with Crippen LogP contribution in [0.5, 0.6) is 11.5 Å². The highest BCUT2D eigenvalue weighted by atomic mass is 35.5. The van der Waals surface area contributed by atoms with E-state index in [1.165, 1.54) is 0 Å². The first-order valence-electron chi connectivity index (χ1n) is 9.03. The van der Waals surface area contributed by atoms with Crippen molar-refractivity contribution in [3.05, 3.63) is 71.8 Å². The fraction of sp³-hybridized carbons (Fsp3) is 0.167. The molecule has 142 valence electrons. The number of fused-ring (bicyclic) bond motifs is 2. The molecule has 0 saturated carbocycles. The Bertz CT molecular complexity index is 1080. The maximum atomic E-state index is 6.29. The zero-order valence-electron chi connectivity index (χ0n) is 15.8. The van der Waals surface area contributed by atoms with Gasteiger partial charge in [-0.05, 0) is 33.7 Å². The van der Waals surface area contributed by atoms with E-state index in [-0.39, 0.29) is 0 Å². The van der Waals surface area contributed by atoms with Crippen LogP contribution in [0.25, 0.3) is 32.7 Å². The molecule has 0 unspecified atom stereocenters. The average molecular weight is 411 g/mol. The fourth-order valence-electron chi connectivity index (χ4n) is 3.93. The van der Waals surface area contributed by atoms with Gasteiger partial charge in [0, 0.05) is 22.3 Å². The molecule has 0 bridgehead atoms. The zero-order chi connectivity index (χ0) is 19.7. The summed E-state index contributed by atoms with van der Waals surface area (Å²) in [4.78, 5) is 0. The van der Waals surface area contributed by atoms with Crippen molar-refractivity contribution in [3.63, 3.8) is 0 Å². The number of rotatable bonds is 5. The van der Waals surface area contributed by atoms with Crippen LogP contribution in [0.15, 0.2) is 60.7 Å². The smallest absolute Gasteiger partial charge is 0.131 e. The van der Waals surface area contributed by atoms with E-state index in [4.69, 9.17) is 32.7 Å². The van der Waals surface area contributed by atoms with Crippen molar-refractivity contribution in [2.24, 2.45) is 0 Å². The monoisotopic (exact) mass is 410 g/mol. The summed E-state index contributed by atoms with van der Waals surface area (Å²) in [5.74, 6) is 2.25. The molecule has 0 spiro atoms. The van der Waals surface area contributed by atoms with E-state index in [0.29, 0.717) is 11.8 Å². The van der Waals surface area contributed by atoms with Crippen molar-refractivity contribution in [2.45, 2.75) is 11.8 Å². The fourth-order valence-corrected chi connectivity index (χ4v) is 4.33. The van der Waals surface area contributed by atoms with Gasteiger partial charge in [-0.2, -0.15) is 0 Å². The molecule has 0 heterocycles. The summed E-state index contributed by atoms with van der Waals surface area (Å²) in [6.45, 7) is 0. The zero-order valence-corrected chi connectivity index (χ0v) is 17.3. The van der Waals surface area contributed by atoms with Crippen molar-refractivity contribution in [2.75, 3.05) is 14.2 Å². The number of methoxy groups -OCH3 is 2. The maximum Gasteiger partial charge on any atom is 0.131 e. The minimum absolute atomic E-state index is 0.358. The van der Waals surface area contributed by atoms with Crippen LogP contribution < -0.4 is 9.47 Å². The van der Waals surface area contributed by atoms with Crippen molar-refractivity contribution in [1.82, 2.24) is 0 Å². The summed E-state index contributed by atoms with van der Waals surface area (Å²) in [5, 5.41) is 4.39. The van der Waals surface area contributed by atoms with E-state index in [0.717, 1.165) is 55.3 Å². The van der Waals surface area contributed by atoms with Crippen molar-refractivity contribution >= 4 is 44.7 Å². The Balaban J connectivity index is 2.27. The molecule has 4 heteroatoms. The predicted octanol–water partition coefficient (Wildman–Crippen LogP) is 7.15. The first kappa shape index (κ1) is 18.9. The lowest BCUT2D eigenvalue weighted by molar-refractivity contribution is 0.407. The normalized spacial score (nSPS) is 11.1. The number of benzene rings is 4. The van der Waals surface area contributed by atoms with Crippen LogP contribution in [-0.4, -0.2) is 14.2 Å². The van der Waals surface area contributed by atoms with Gasteiger partial charge in [-0.1, -0.05) is 48.5 Å². The van der Waals surface area contributed by atoms with Gasteiger partial charge in [-0.25, -0.2) is 0 Å². The Morgan fingerprint density at radius 1 is 0.643 bits per heavy atom. The first-order chi connectivity index (χ1) is 13.7. The highest BCUT2D eigenvalue weighted by molar-refractivity contribution is 6.19. The summed E-state index contributed by atoms with van der Waals surface area (Å²) >= 11 is 12.6.